The number of nitrogens with one attached hydrogen (secondary N) is 2. The molecule has 0 saturated carbocycles. The van der Waals surface area contributed by atoms with Gasteiger partial charge in [0.25, 0.3) is 0 Å². The van der Waals surface area contributed by atoms with Crippen LogP contribution in [0.25, 0.3) is 0 Å². The van der Waals surface area contributed by atoms with Crippen LogP contribution in [0.5, 0.6) is 0 Å². The van der Waals surface area contributed by atoms with Gasteiger partial charge in [0, 0.05) is 52.6 Å². The fourth-order valence-corrected chi connectivity index (χ4v) is 3.31. The monoisotopic (exact) mass is 546 g/mol. The van der Waals surface area contributed by atoms with Crippen LogP contribution in [0.2, 0.25) is 0 Å². The molecule has 0 unspecified atom stereocenters. The zero-order chi connectivity index (χ0) is 21.4. The molecule has 0 aliphatic carbocycles. The predicted molar refractivity (Wildman–Crippen MR) is 136 cm³/mol. The summed E-state index contributed by atoms with van der Waals surface area (Å²) in [6.07, 6.45) is 3.10. The lowest BCUT2D eigenvalue weighted by Gasteiger charge is -2.21. The van der Waals surface area contributed by atoms with Crippen molar-refractivity contribution in [2.24, 2.45) is 10.9 Å². The maximum atomic E-state index is 12.6. The Kier molecular flexibility index (Phi) is 15.3. The number of guanidine groups is 1. The Morgan fingerprint density at radius 3 is 2.61 bits per heavy atom. The third kappa shape index (κ3) is 11.7. The number of aliphatic imine (C=N–C) groups is 1. The van der Waals surface area contributed by atoms with Crippen molar-refractivity contribution in [3.63, 3.8) is 0 Å². The standard InChI is InChI=1S/C23H38N4O3.HI/c1-3-24-23(25-13-8-14-30-19-21-11-15-29-16-12-21)26-17-22(28)27(4-2)18-20-9-6-5-7-10-20;/h5-7,9-10,21H,3-4,8,11-19H2,1-2H3,(H2,24,25,26);1H. The van der Waals surface area contributed by atoms with Gasteiger partial charge in [-0.3, -0.25) is 4.79 Å². The quantitative estimate of drug-likeness (QED) is 0.183. The minimum Gasteiger partial charge on any atom is -0.381 e. The SMILES string of the molecule is CCNC(=NCC(=O)N(CC)Cc1ccccc1)NCCCOCC1CCOCC1.I. The molecule has 8 heteroatoms. The van der Waals surface area contributed by atoms with Crippen LogP contribution in [0.15, 0.2) is 35.3 Å². The number of hydrogen-bond acceptors (Lipinski definition) is 4. The molecule has 1 amide bonds. The first kappa shape index (κ1) is 27.6. The van der Waals surface area contributed by atoms with E-state index in [9.17, 15) is 4.79 Å². The average molecular weight is 546 g/mol. The van der Waals surface area contributed by atoms with Crippen LogP contribution in [-0.4, -0.2) is 69.4 Å². The van der Waals surface area contributed by atoms with Gasteiger partial charge < -0.3 is 25.0 Å². The maximum Gasteiger partial charge on any atom is 0.244 e. The molecule has 1 aromatic carbocycles. The Bertz CT molecular complexity index is 625. The van der Waals surface area contributed by atoms with Crippen LogP contribution in [0.1, 0.15) is 38.7 Å². The number of rotatable bonds is 12. The molecule has 176 valence electrons. The van der Waals surface area contributed by atoms with E-state index in [1.807, 2.05) is 49.1 Å². The van der Waals surface area contributed by atoms with E-state index in [4.69, 9.17) is 9.47 Å². The van der Waals surface area contributed by atoms with Crippen molar-refractivity contribution in [1.82, 2.24) is 15.5 Å². The second-order valence-corrected chi connectivity index (χ2v) is 7.50. The van der Waals surface area contributed by atoms with Gasteiger partial charge in [-0.15, -0.1) is 24.0 Å². The minimum absolute atomic E-state index is 0. The predicted octanol–water partition coefficient (Wildman–Crippen LogP) is 3.04. The minimum atomic E-state index is 0. The van der Waals surface area contributed by atoms with Gasteiger partial charge in [0.15, 0.2) is 5.96 Å². The number of ether oxygens (including phenoxy) is 2. The maximum absolute atomic E-state index is 12.6. The van der Waals surface area contributed by atoms with Gasteiger partial charge in [-0.1, -0.05) is 30.3 Å². The largest absolute Gasteiger partial charge is 0.381 e. The van der Waals surface area contributed by atoms with E-state index in [-0.39, 0.29) is 36.4 Å². The normalized spacial score (nSPS) is 14.6. The van der Waals surface area contributed by atoms with Crippen molar-refractivity contribution < 1.29 is 14.3 Å². The molecule has 2 rings (SSSR count). The fraction of sp³-hybridized carbons (Fsp3) is 0.652. The third-order valence-electron chi connectivity index (χ3n) is 5.12. The molecule has 7 nitrogen and oxygen atoms in total. The summed E-state index contributed by atoms with van der Waals surface area (Å²) in [5, 5.41) is 6.49. The highest BCUT2D eigenvalue weighted by atomic mass is 127. The number of carbonyl (C=O) groups excluding carboxylic acids is 1. The number of halogens is 1. The number of amides is 1. The summed E-state index contributed by atoms with van der Waals surface area (Å²) in [5.41, 5.74) is 1.13. The summed E-state index contributed by atoms with van der Waals surface area (Å²) in [7, 11) is 0. The molecule has 1 saturated heterocycles. The Morgan fingerprint density at radius 2 is 1.94 bits per heavy atom. The summed E-state index contributed by atoms with van der Waals surface area (Å²) in [6.45, 7) is 10.2. The number of likely N-dealkylation sites (N-methyl/N-ethyl adjacent to an activating group) is 1. The van der Waals surface area contributed by atoms with Crippen molar-refractivity contribution in [2.45, 2.75) is 39.7 Å². The van der Waals surface area contributed by atoms with Gasteiger partial charge in [0.05, 0.1) is 0 Å². The van der Waals surface area contributed by atoms with E-state index in [0.29, 0.717) is 25.0 Å². The van der Waals surface area contributed by atoms with Gasteiger partial charge in [-0.05, 0) is 44.6 Å². The topological polar surface area (TPSA) is 75.2 Å². The summed E-state index contributed by atoms with van der Waals surface area (Å²) >= 11 is 0. The molecule has 1 heterocycles. The van der Waals surface area contributed by atoms with Crippen LogP contribution in [0.3, 0.4) is 0 Å². The number of benzene rings is 1. The molecule has 0 aromatic heterocycles. The lowest BCUT2D eigenvalue weighted by molar-refractivity contribution is -0.130. The van der Waals surface area contributed by atoms with E-state index in [1.54, 1.807) is 0 Å². The van der Waals surface area contributed by atoms with Crippen LogP contribution >= 0.6 is 24.0 Å². The number of hydrogen-bond donors (Lipinski definition) is 2. The summed E-state index contributed by atoms with van der Waals surface area (Å²) in [5.74, 6) is 1.33. The van der Waals surface area contributed by atoms with Crippen molar-refractivity contribution in [3.8, 4) is 0 Å². The Balaban J connectivity index is 0.00000480. The van der Waals surface area contributed by atoms with E-state index in [2.05, 4.69) is 15.6 Å². The molecule has 1 aromatic rings. The number of nitrogens with zero attached hydrogens (tertiary/aromatic N) is 2. The lowest BCUT2D eigenvalue weighted by Crippen LogP contribution is -2.39. The zero-order valence-electron chi connectivity index (χ0n) is 19.0. The molecular weight excluding hydrogens is 507 g/mol. The third-order valence-corrected chi connectivity index (χ3v) is 5.12. The highest BCUT2D eigenvalue weighted by Gasteiger charge is 2.14. The highest BCUT2D eigenvalue weighted by molar-refractivity contribution is 14.0. The molecule has 0 spiro atoms. The zero-order valence-corrected chi connectivity index (χ0v) is 21.3. The molecule has 1 fully saturated rings. The molecule has 1 aliphatic heterocycles. The summed E-state index contributed by atoms with van der Waals surface area (Å²) < 4.78 is 11.2. The van der Waals surface area contributed by atoms with Gasteiger partial charge in [0.1, 0.15) is 6.54 Å². The fourth-order valence-electron chi connectivity index (χ4n) is 3.31. The highest BCUT2D eigenvalue weighted by Crippen LogP contribution is 2.14. The summed E-state index contributed by atoms with van der Waals surface area (Å²) in [4.78, 5) is 18.9. The molecule has 0 radical (unpaired) electrons. The van der Waals surface area contributed by atoms with Gasteiger partial charge in [0.2, 0.25) is 5.91 Å². The summed E-state index contributed by atoms with van der Waals surface area (Å²) in [6, 6.07) is 10.0. The Labute approximate surface area is 204 Å². The van der Waals surface area contributed by atoms with Crippen LogP contribution in [0, 0.1) is 5.92 Å². The van der Waals surface area contributed by atoms with E-state index < -0.39 is 0 Å². The van der Waals surface area contributed by atoms with Crippen molar-refractivity contribution in [1.29, 1.82) is 0 Å². The first-order valence-electron chi connectivity index (χ1n) is 11.2. The van der Waals surface area contributed by atoms with E-state index in [0.717, 1.165) is 64.3 Å². The van der Waals surface area contributed by atoms with Gasteiger partial charge >= 0.3 is 0 Å². The lowest BCUT2D eigenvalue weighted by atomic mass is 10.0. The second-order valence-electron chi connectivity index (χ2n) is 7.50. The van der Waals surface area contributed by atoms with E-state index >= 15 is 0 Å². The van der Waals surface area contributed by atoms with Crippen molar-refractivity contribution in [2.75, 3.05) is 52.6 Å². The first-order valence-corrected chi connectivity index (χ1v) is 11.2. The second kappa shape index (κ2) is 17.2. The van der Waals surface area contributed by atoms with Crippen LogP contribution in [-0.2, 0) is 20.8 Å². The van der Waals surface area contributed by atoms with Crippen LogP contribution in [0.4, 0.5) is 0 Å². The number of carbonyl (C=O) groups is 1. The van der Waals surface area contributed by atoms with Gasteiger partial charge in [-0.25, -0.2) is 4.99 Å². The Hall–Kier alpha value is -1.39. The van der Waals surface area contributed by atoms with Crippen LogP contribution < -0.4 is 10.6 Å². The van der Waals surface area contributed by atoms with Crippen molar-refractivity contribution in [3.05, 3.63) is 35.9 Å². The van der Waals surface area contributed by atoms with Crippen molar-refractivity contribution >= 4 is 35.8 Å². The van der Waals surface area contributed by atoms with E-state index in [1.165, 1.54) is 0 Å². The van der Waals surface area contributed by atoms with Gasteiger partial charge in [-0.2, -0.15) is 0 Å². The molecule has 0 bridgehead atoms. The first-order chi connectivity index (χ1) is 14.7. The molecule has 1 aliphatic rings. The molecule has 31 heavy (non-hydrogen) atoms. The molecule has 2 N–H and O–H groups in total. The average Bonchev–Trinajstić information content (AvgIpc) is 2.79. The Morgan fingerprint density at radius 1 is 1.19 bits per heavy atom. The molecular formula is C23H39IN4O3. The smallest absolute Gasteiger partial charge is 0.244 e. The molecule has 0 atom stereocenters.